The van der Waals surface area contributed by atoms with Crippen LogP contribution in [0.25, 0.3) is 16.6 Å². The minimum Gasteiger partial charge on any atom is -0.370 e. The lowest BCUT2D eigenvalue weighted by molar-refractivity contribution is 0.0859. The van der Waals surface area contributed by atoms with Gasteiger partial charge < -0.3 is 18.2 Å². The molecule has 0 aliphatic heterocycles. The fraction of sp³-hybridized carbons (Fsp3) is 0.519. The summed E-state index contributed by atoms with van der Waals surface area (Å²) in [6.45, 7) is 21.8. The van der Waals surface area contributed by atoms with Gasteiger partial charge in [-0.15, -0.1) is 11.3 Å². The van der Waals surface area contributed by atoms with Gasteiger partial charge in [0.15, 0.2) is 5.70 Å². The van der Waals surface area contributed by atoms with Gasteiger partial charge >= 0.3 is 8.80 Å². The normalized spacial score (nSPS) is 12.1. The highest BCUT2D eigenvalue weighted by molar-refractivity contribution is 7.17. The van der Waals surface area contributed by atoms with E-state index in [2.05, 4.69) is 35.7 Å². The number of hydrogen-bond acceptors (Lipinski definition) is 5. The van der Waals surface area contributed by atoms with Crippen molar-refractivity contribution in [3.05, 3.63) is 58.3 Å². The Bertz CT molecular complexity index is 896. The molecule has 2 rings (SSSR count). The van der Waals surface area contributed by atoms with Crippen molar-refractivity contribution in [3.63, 3.8) is 0 Å². The van der Waals surface area contributed by atoms with Crippen LogP contribution in [0.5, 0.6) is 0 Å². The maximum atomic E-state index is 7.78. The summed E-state index contributed by atoms with van der Waals surface area (Å²) in [5, 5.41) is 2.21. The molecule has 0 aliphatic carbocycles. The smallest absolute Gasteiger partial charge is 0.370 e. The molecule has 1 aromatic carbocycles. The highest BCUT2D eigenvalue weighted by Crippen LogP contribution is 2.30. The minimum absolute atomic E-state index is 0.523. The fourth-order valence-electron chi connectivity index (χ4n) is 3.72. The molecule has 7 heteroatoms. The Hall–Kier alpha value is -1.95. The van der Waals surface area contributed by atoms with Crippen molar-refractivity contribution in [2.75, 3.05) is 37.8 Å². The summed E-state index contributed by atoms with van der Waals surface area (Å²) in [5.41, 5.74) is 1.51. The zero-order valence-electron chi connectivity index (χ0n) is 21.4. The second kappa shape index (κ2) is 15.1. The summed E-state index contributed by atoms with van der Waals surface area (Å²) in [7, 11) is -2.95. The van der Waals surface area contributed by atoms with Crippen LogP contribution in [0.15, 0.2) is 36.4 Å². The van der Waals surface area contributed by atoms with Gasteiger partial charge in [0.2, 0.25) is 0 Å². The van der Waals surface area contributed by atoms with Crippen LogP contribution in [0, 0.1) is 6.57 Å². The third kappa shape index (κ3) is 7.79. The molecule has 1 aromatic heterocycles. The molecule has 0 fully saturated rings. The Balaban J connectivity index is 2.28. The highest BCUT2D eigenvalue weighted by Gasteiger charge is 2.43. The monoisotopic (exact) mass is 500 g/mol. The molecule has 34 heavy (non-hydrogen) atoms. The van der Waals surface area contributed by atoms with Crippen LogP contribution in [0.1, 0.15) is 70.7 Å². The van der Waals surface area contributed by atoms with E-state index < -0.39 is 8.80 Å². The van der Waals surface area contributed by atoms with E-state index in [0.29, 0.717) is 25.5 Å². The predicted molar refractivity (Wildman–Crippen MR) is 148 cm³/mol. The van der Waals surface area contributed by atoms with E-state index in [1.807, 2.05) is 51.1 Å². The molecule has 5 nitrogen and oxygen atoms in total. The van der Waals surface area contributed by atoms with Gasteiger partial charge in [-0.25, -0.2) is 4.85 Å². The van der Waals surface area contributed by atoms with Crippen molar-refractivity contribution in [2.45, 2.75) is 60.3 Å². The number of hydrogen-bond donors (Lipinski definition) is 0. The first kappa shape index (κ1) is 28.3. The molecule has 0 amide bonds. The van der Waals surface area contributed by atoms with E-state index in [1.54, 1.807) is 11.3 Å². The zero-order valence-corrected chi connectivity index (χ0v) is 23.2. The number of thiophene rings is 1. The molecular weight excluding hydrogens is 460 g/mol. The summed E-state index contributed by atoms with van der Waals surface area (Å²) in [6, 6.07) is 12.2. The summed E-state index contributed by atoms with van der Waals surface area (Å²) >= 11 is 1.76. The number of benzene rings is 1. The molecular formula is C27H40N2O3SSi. The topological polar surface area (TPSA) is 35.3 Å². The largest absolute Gasteiger partial charge is 0.537 e. The van der Waals surface area contributed by atoms with E-state index >= 15 is 0 Å². The number of nitrogens with zero attached hydrogens (tertiary/aromatic N) is 2. The SMILES string of the molecule is [C-]#[N+]/C(=C\c1ccc(N(CCCC)CCCC)s1)c1ccc([Si](OCC)(OCC)OCC)cc1. The standard InChI is InChI=1S/C27H40N2O3SSi/c1-7-12-20-29(21-13-8-2)27-19-16-24(33-27)22-26(28-6)23-14-17-25(18-15-23)34(30-9-3,31-10-4)32-11-5/h14-19,22H,7-13,20-21H2,1-5H3/b26-22-. The van der Waals surface area contributed by atoms with Gasteiger partial charge in [-0.2, -0.15) is 0 Å². The van der Waals surface area contributed by atoms with Gasteiger partial charge in [-0.1, -0.05) is 51.0 Å². The maximum Gasteiger partial charge on any atom is 0.537 e. The number of rotatable bonds is 16. The first-order chi connectivity index (χ1) is 16.6. The molecule has 186 valence electrons. The minimum atomic E-state index is -2.95. The van der Waals surface area contributed by atoms with Gasteiger partial charge in [-0.3, -0.25) is 0 Å². The molecule has 0 atom stereocenters. The van der Waals surface area contributed by atoms with Gasteiger partial charge in [0, 0.05) is 43.0 Å². The molecule has 0 N–H and O–H groups in total. The van der Waals surface area contributed by atoms with Crippen LogP contribution < -0.4 is 10.1 Å². The molecule has 0 aliphatic rings. The third-order valence-electron chi connectivity index (χ3n) is 5.42. The lowest BCUT2D eigenvalue weighted by atomic mass is 10.1. The maximum absolute atomic E-state index is 7.78. The molecule has 2 aromatic rings. The van der Waals surface area contributed by atoms with E-state index in [-0.39, 0.29) is 0 Å². The second-order valence-electron chi connectivity index (χ2n) is 7.94. The van der Waals surface area contributed by atoms with Crippen molar-refractivity contribution in [1.29, 1.82) is 0 Å². The van der Waals surface area contributed by atoms with Crippen molar-refractivity contribution in [1.82, 2.24) is 0 Å². The van der Waals surface area contributed by atoms with Crippen LogP contribution in [-0.2, 0) is 13.3 Å². The zero-order chi connectivity index (χ0) is 24.8. The van der Waals surface area contributed by atoms with Crippen molar-refractivity contribution in [3.8, 4) is 0 Å². The Labute approximate surface area is 211 Å². The van der Waals surface area contributed by atoms with Crippen LogP contribution >= 0.6 is 11.3 Å². The quantitative estimate of drug-likeness (QED) is 0.187. The predicted octanol–water partition coefficient (Wildman–Crippen LogP) is 6.83. The average Bonchev–Trinajstić information content (AvgIpc) is 3.31. The van der Waals surface area contributed by atoms with Gasteiger partial charge in [0.1, 0.15) is 0 Å². The molecule has 0 unspecified atom stereocenters. The summed E-state index contributed by atoms with van der Waals surface area (Å²) in [4.78, 5) is 7.42. The second-order valence-corrected chi connectivity index (χ2v) is 11.6. The molecule has 0 saturated carbocycles. The average molecular weight is 501 g/mol. The van der Waals surface area contributed by atoms with E-state index in [1.165, 1.54) is 30.7 Å². The van der Waals surface area contributed by atoms with Crippen LogP contribution in [-0.4, -0.2) is 41.7 Å². The Morgan fingerprint density at radius 1 is 0.882 bits per heavy atom. The molecule has 0 bridgehead atoms. The van der Waals surface area contributed by atoms with Crippen LogP contribution in [0.2, 0.25) is 0 Å². The third-order valence-corrected chi connectivity index (χ3v) is 9.56. The van der Waals surface area contributed by atoms with Crippen molar-refractivity contribution in [2.24, 2.45) is 0 Å². The summed E-state index contributed by atoms with van der Waals surface area (Å²) < 4.78 is 18.0. The first-order valence-corrected chi connectivity index (χ1v) is 15.1. The molecule has 0 radical (unpaired) electrons. The van der Waals surface area contributed by atoms with Crippen LogP contribution in [0.3, 0.4) is 0 Å². The fourth-order valence-corrected chi connectivity index (χ4v) is 7.19. The van der Waals surface area contributed by atoms with Crippen LogP contribution in [0.4, 0.5) is 5.00 Å². The number of anilines is 1. The van der Waals surface area contributed by atoms with Crippen molar-refractivity contribution >= 4 is 42.1 Å². The number of unbranched alkanes of at least 4 members (excludes halogenated alkanes) is 2. The Kier molecular flexibility index (Phi) is 12.6. The first-order valence-electron chi connectivity index (χ1n) is 12.5. The Morgan fingerprint density at radius 3 is 1.91 bits per heavy atom. The summed E-state index contributed by atoms with van der Waals surface area (Å²) in [6.07, 6.45) is 6.77. The van der Waals surface area contributed by atoms with E-state index in [9.17, 15) is 0 Å². The molecule has 1 heterocycles. The molecule has 0 saturated heterocycles. The van der Waals surface area contributed by atoms with E-state index in [4.69, 9.17) is 19.9 Å². The highest BCUT2D eigenvalue weighted by atomic mass is 32.1. The summed E-state index contributed by atoms with van der Waals surface area (Å²) in [5.74, 6) is 0. The van der Waals surface area contributed by atoms with Gasteiger partial charge in [-0.05, 0) is 57.4 Å². The lowest BCUT2D eigenvalue weighted by Crippen LogP contribution is -2.56. The Morgan fingerprint density at radius 2 is 1.44 bits per heavy atom. The van der Waals surface area contributed by atoms with Gasteiger partial charge in [0.05, 0.1) is 11.6 Å². The molecule has 0 spiro atoms. The van der Waals surface area contributed by atoms with Crippen molar-refractivity contribution < 1.29 is 13.3 Å². The van der Waals surface area contributed by atoms with E-state index in [0.717, 1.165) is 28.7 Å². The van der Waals surface area contributed by atoms with Gasteiger partial charge in [0.25, 0.3) is 0 Å². The lowest BCUT2D eigenvalue weighted by Gasteiger charge is -2.28.